The number of pyridine rings is 1. The molecule has 6 nitrogen and oxygen atoms in total. The van der Waals surface area contributed by atoms with Gasteiger partial charge in [-0.1, -0.05) is 48.5 Å². The van der Waals surface area contributed by atoms with E-state index in [4.69, 9.17) is 11.6 Å². The third kappa shape index (κ3) is 3.57. The quantitative estimate of drug-likeness (QED) is 0.661. The van der Waals surface area contributed by atoms with Crippen LogP contribution in [0.1, 0.15) is 11.1 Å². The first-order valence-electron chi connectivity index (χ1n) is 9.32. The van der Waals surface area contributed by atoms with Gasteiger partial charge in [0.15, 0.2) is 0 Å². The van der Waals surface area contributed by atoms with E-state index < -0.39 is 0 Å². The van der Waals surface area contributed by atoms with E-state index in [1.807, 2.05) is 54.6 Å². The second-order valence-electron chi connectivity index (χ2n) is 7.03. The number of anilines is 1. The molecule has 1 aliphatic rings. The molecule has 29 heavy (non-hydrogen) atoms. The molecule has 4 rings (SSSR count). The number of rotatable bonds is 5. The molecule has 1 amide bonds. The molecule has 0 radical (unpaired) electrons. The molecule has 1 N–H and O–H groups in total. The van der Waals surface area contributed by atoms with Crippen LogP contribution in [-0.2, 0) is 11.3 Å². The average molecular weight is 407 g/mol. The number of nitrogens with one attached hydrogen (secondary N) is 1. The molecule has 0 bridgehead atoms. The van der Waals surface area contributed by atoms with E-state index in [1.165, 1.54) is 0 Å². The topological polar surface area (TPSA) is 78.1 Å². The third-order valence-electron chi connectivity index (χ3n) is 5.17. The van der Waals surface area contributed by atoms with E-state index in [-0.39, 0.29) is 29.0 Å². The minimum atomic E-state index is -0.328. The highest BCUT2D eigenvalue weighted by Gasteiger charge is 2.31. The first-order valence-corrected chi connectivity index (χ1v) is 9.85. The van der Waals surface area contributed by atoms with Gasteiger partial charge in [0.05, 0.1) is 23.8 Å². The van der Waals surface area contributed by atoms with Crippen molar-refractivity contribution in [3.63, 3.8) is 0 Å². The predicted molar refractivity (Wildman–Crippen MR) is 113 cm³/mol. The first kappa shape index (κ1) is 19.0. The lowest BCUT2D eigenvalue weighted by molar-refractivity contribution is -0.132. The van der Waals surface area contributed by atoms with Gasteiger partial charge in [0.25, 0.3) is 5.56 Å². The van der Waals surface area contributed by atoms with Crippen LogP contribution >= 0.6 is 11.6 Å². The zero-order chi connectivity index (χ0) is 20.4. The number of aromatic nitrogens is 1. The van der Waals surface area contributed by atoms with Crippen molar-refractivity contribution in [2.24, 2.45) is 0 Å². The molecule has 0 aliphatic carbocycles. The fourth-order valence-corrected chi connectivity index (χ4v) is 3.81. The maximum Gasteiger partial charge on any atom is 0.271 e. The van der Waals surface area contributed by atoms with Crippen LogP contribution in [0.3, 0.4) is 0 Å². The van der Waals surface area contributed by atoms with E-state index in [1.54, 1.807) is 9.47 Å². The Hall–Kier alpha value is -3.30. The summed E-state index contributed by atoms with van der Waals surface area (Å²) in [4.78, 5) is 26.5. The monoisotopic (exact) mass is 406 g/mol. The van der Waals surface area contributed by atoms with Crippen LogP contribution in [0.2, 0.25) is 0 Å². The van der Waals surface area contributed by atoms with Crippen molar-refractivity contribution in [1.29, 1.82) is 5.26 Å². The molecule has 1 aromatic heterocycles. The summed E-state index contributed by atoms with van der Waals surface area (Å²) in [5, 5.41) is 13.9. The smallest absolute Gasteiger partial charge is 0.271 e. The standard InChI is InChI=1S/C22H19ClN4O2/c23-10-20(28)26-13-16(14-26)25-21-17-8-4-5-9-19(17)27(22(29)18(21)11-24)12-15-6-2-1-3-7-15/h1-9,16,25H,10,12-14H2. The molecule has 0 atom stereocenters. The van der Waals surface area contributed by atoms with Crippen molar-refractivity contribution in [1.82, 2.24) is 9.47 Å². The Kier molecular flexibility index (Phi) is 5.24. The number of carbonyl (C=O) groups is 1. The van der Waals surface area contributed by atoms with Gasteiger partial charge in [-0.25, -0.2) is 0 Å². The summed E-state index contributed by atoms with van der Waals surface area (Å²) in [6, 6.07) is 19.3. The highest BCUT2D eigenvalue weighted by atomic mass is 35.5. The number of para-hydroxylation sites is 1. The van der Waals surface area contributed by atoms with Gasteiger partial charge in [0, 0.05) is 18.5 Å². The number of nitriles is 1. The van der Waals surface area contributed by atoms with Crippen LogP contribution in [0.4, 0.5) is 5.69 Å². The maximum atomic E-state index is 13.2. The van der Waals surface area contributed by atoms with E-state index in [9.17, 15) is 14.9 Å². The van der Waals surface area contributed by atoms with Gasteiger partial charge in [-0.2, -0.15) is 5.26 Å². The Balaban J connectivity index is 1.75. The zero-order valence-corrected chi connectivity index (χ0v) is 16.4. The minimum absolute atomic E-state index is 0.0259. The molecule has 1 aliphatic heterocycles. The Labute approximate surface area is 172 Å². The summed E-state index contributed by atoms with van der Waals surface area (Å²) in [6.07, 6.45) is 0. The van der Waals surface area contributed by atoms with Crippen LogP contribution in [0.5, 0.6) is 0 Å². The fourth-order valence-electron chi connectivity index (χ4n) is 3.65. The Morgan fingerprint density at radius 2 is 1.83 bits per heavy atom. The van der Waals surface area contributed by atoms with Crippen molar-refractivity contribution in [3.05, 3.63) is 76.1 Å². The number of hydrogen-bond donors (Lipinski definition) is 1. The number of alkyl halides is 1. The molecule has 1 saturated heterocycles. The third-order valence-corrected chi connectivity index (χ3v) is 5.39. The van der Waals surface area contributed by atoms with Crippen molar-refractivity contribution < 1.29 is 4.79 Å². The number of nitrogens with zero attached hydrogens (tertiary/aromatic N) is 3. The van der Waals surface area contributed by atoms with Gasteiger partial charge in [0.2, 0.25) is 5.91 Å². The molecule has 2 heterocycles. The molecule has 3 aromatic rings. The van der Waals surface area contributed by atoms with Crippen molar-refractivity contribution in [2.75, 3.05) is 24.3 Å². The van der Waals surface area contributed by atoms with Crippen molar-refractivity contribution >= 4 is 34.1 Å². The van der Waals surface area contributed by atoms with Crippen LogP contribution < -0.4 is 10.9 Å². The van der Waals surface area contributed by atoms with Gasteiger partial charge in [0.1, 0.15) is 17.5 Å². The number of benzene rings is 2. The molecule has 146 valence electrons. The van der Waals surface area contributed by atoms with Gasteiger partial charge in [-0.15, -0.1) is 11.6 Å². The molecule has 0 spiro atoms. The van der Waals surface area contributed by atoms with Crippen molar-refractivity contribution in [3.8, 4) is 6.07 Å². The van der Waals surface area contributed by atoms with Crippen LogP contribution in [0, 0.1) is 11.3 Å². The zero-order valence-electron chi connectivity index (χ0n) is 15.6. The van der Waals surface area contributed by atoms with Gasteiger partial charge < -0.3 is 14.8 Å². The number of halogens is 1. The fraction of sp³-hybridized carbons (Fsp3) is 0.227. The maximum absolute atomic E-state index is 13.2. The van der Waals surface area contributed by atoms with Crippen LogP contribution in [0.15, 0.2) is 59.4 Å². The average Bonchev–Trinajstić information content (AvgIpc) is 2.73. The molecule has 0 unspecified atom stereocenters. The second kappa shape index (κ2) is 7.98. The summed E-state index contributed by atoms with van der Waals surface area (Å²) in [6.45, 7) is 1.38. The van der Waals surface area contributed by atoms with E-state index in [0.717, 1.165) is 16.5 Å². The van der Waals surface area contributed by atoms with Gasteiger partial charge >= 0.3 is 0 Å². The molecular formula is C22H19ClN4O2. The van der Waals surface area contributed by atoms with Crippen LogP contribution in [-0.4, -0.2) is 40.4 Å². The summed E-state index contributed by atoms with van der Waals surface area (Å²) < 4.78 is 1.64. The summed E-state index contributed by atoms with van der Waals surface area (Å²) >= 11 is 5.60. The lowest BCUT2D eigenvalue weighted by atomic mass is 10.0. The first-order chi connectivity index (χ1) is 14.1. The lowest BCUT2D eigenvalue weighted by Crippen LogP contribution is -2.57. The second-order valence-corrected chi connectivity index (χ2v) is 7.30. The van der Waals surface area contributed by atoms with Gasteiger partial charge in [-0.05, 0) is 11.6 Å². The number of hydrogen-bond acceptors (Lipinski definition) is 4. The Bertz CT molecular complexity index is 1160. The highest BCUT2D eigenvalue weighted by Crippen LogP contribution is 2.27. The summed E-state index contributed by atoms with van der Waals surface area (Å²) in [7, 11) is 0. The predicted octanol–water partition coefficient (Wildman–Crippen LogP) is 2.78. The largest absolute Gasteiger partial charge is 0.377 e. The van der Waals surface area contributed by atoms with E-state index in [2.05, 4.69) is 11.4 Å². The number of carbonyl (C=O) groups excluding carboxylic acids is 1. The highest BCUT2D eigenvalue weighted by molar-refractivity contribution is 6.27. The lowest BCUT2D eigenvalue weighted by Gasteiger charge is -2.40. The molecule has 0 saturated carbocycles. The summed E-state index contributed by atoms with van der Waals surface area (Å²) in [5.41, 5.74) is 2.03. The number of amides is 1. The Morgan fingerprint density at radius 3 is 2.52 bits per heavy atom. The molecule has 7 heteroatoms. The number of fused-ring (bicyclic) bond motifs is 1. The molecule has 1 fully saturated rings. The molecule has 2 aromatic carbocycles. The summed E-state index contributed by atoms with van der Waals surface area (Å²) in [5.74, 6) is -0.164. The minimum Gasteiger partial charge on any atom is -0.377 e. The Morgan fingerprint density at radius 1 is 1.14 bits per heavy atom. The van der Waals surface area contributed by atoms with E-state index in [0.29, 0.717) is 25.3 Å². The van der Waals surface area contributed by atoms with Crippen molar-refractivity contribution in [2.45, 2.75) is 12.6 Å². The van der Waals surface area contributed by atoms with Gasteiger partial charge in [-0.3, -0.25) is 9.59 Å². The molecular weight excluding hydrogens is 388 g/mol. The number of likely N-dealkylation sites (tertiary alicyclic amines) is 1. The SMILES string of the molecule is N#Cc1c(NC2CN(C(=O)CCl)C2)c2ccccc2n(Cc2ccccc2)c1=O. The normalized spacial score (nSPS) is 13.7. The van der Waals surface area contributed by atoms with Crippen LogP contribution in [0.25, 0.3) is 10.9 Å². The van der Waals surface area contributed by atoms with E-state index >= 15 is 0 Å².